The van der Waals surface area contributed by atoms with Crippen LogP contribution in [0.2, 0.25) is 0 Å². The minimum Gasteiger partial charge on any atom is -0.366 e. The first-order valence-electron chi connectivity index (χ1n) is 11.4. The predicted molar refractivity (Wildman–Crippen MR) is 139 cm³/mol. The fourth-order valence-electron chi connectivity index (χ4n) is 3.75. The van der Waals surface area contributed by atoms with Crippen LogP contribution in [0.25, 0.3) is 6.08 Å². The van der Waals surface area contributed by atoms with Gasteiger partial charge in [0.2, 0.25) is 11.8 Å². The van der Waals surface area contributed by atoms with Gasteiger partial charge < -0.3 is 15.1 Å². The number of anilines is 2. The lowest BCUT2D eigenvalue weighted by molar-refractivity contribution is -0.131. The molecule has 2 aromatic rings. The summed E-state index contributed by atoms with van der Waals surface area (Å²) in [6.45, 7) is 9.09. The zero-order valence-corrected chi connectivity index (χ0v) is 20.3. The van der Waals surface area contributed by atoms with E-state index in [1.807, 2.05) is 48.2 Å². The molecule has 33 heavy (non-hydrogen) atoms. The van der Waals surface area contributed by atoms with Crippen molar-refractivity contribution in [2.45, 2.75) is 33.1 Å². The molecule has 1 aliphatic rings. The Morgan fingerprint density at radius 1 is 1.03 bits per heavy atom. The van der Waals surface area contributed by atoms with E-state index < -0.39 is 0 Å². The third kappa shape index (κ3) is 6.89. The van der Waals surface area contributed by atoms with Crippen molar-refractivity contribution in [1.29, 1.82) is 0 Å². The number of carbonyl (C=O) groups is 2. The van der Waals surface area contributed by atoms with Gasteiger partial charge in [-0.3, -0.25) is 14.9 Å². The monoisotopic (exact) mass is 464 g/mol. The predicted octanol–water partition coefficient (Wildman–Crippen LogP) is 4.40. The Balaban J connectivity index is 1.56. The second-order valence-corrected chi connectivity index (χ2v) is 8.74. The molecule has 0 aliphatic carbocycles. The zero-order chi connectivity index (χ0) is 23.8. The molecular weight excluding hydrogens is 432 g/mol. The molecule has 2 amide bonds. The molecule has 174 valence electrons. The third-order valence-corrected chi connectivity index (χ3v) is 5.90. The van der Waals surface area contributed by atoms with Crippen molar-refractivity contribution >= 4 is 46.6 Å². The second kappa shape index (κ2) is 11.6. The SMILES string of the molecule is CCC(=O)N1CCN(c2ccccc2NC(=S)NC(=O)/C=C/c2ccc(C(C)C)cc2)CC1. The van der Waals surface area contributed by atoms with Crippen molar-refractivity contribution in [3.05, 3.63) is 65.7 Å². The van der Waals surface area contributed by atoms with E-state index in [1.165, 1.54) is 11.6 Å². The van der Waals surface area contributed by atoms with E-state index in [0.717, 1.165) is 30.0 Å². The normalized spacial score (nSPS) is 13.9. The average Bonchev–Trinajstić information content (AvgIpc) is 2.83. The van der Waals surface area contributed by atoms with E-state index in [-0.39, 0.29) is 16.9 Å². The Morgan fingerprint density at radius 3 is 2.33 bits per heavy atom. The van der Waals surface area contributed by atoms with Crippen molar-refractivity contribution < 1.29 is 9.59 Å². The summed E-state index contributed by atoms with van der Waals surface area (Å²) in [4.78, 5) is 28.4. The molecule has 0 radical (unpaired) electrons. The topological polar surface area (TPSA) is 64.7 Å². The van der Waals surface area contributed by atoms with Gasteiger partial charge in [0.1, 0.15) is 0 Å². The molecule has 1 saturated heterocycles. The Hall–Kier alpha value is -3.19. The van der Waals surface area contributed by atoms with Crippen molar-refractivity contribution in [3.8, 4) is 0 Å². The first-order chi connectivity index (χ1) is 15.9. The third-order valence-electron chi connectivity index (χ3n) is 5.69. The van der Waals surface area contributed by atoms with Gasteiger partial charge in [-0.05, 0) is 47.5 Å². The minimum absolute atomic E-state index is 0.189. The molecule has 2 N–H and O–H groups in total. The summed E-state index contributed by atoms with van der Waals surface area (Å²) in [5.74, 6) is 0.374. The summed E-state index contributed by atoms with van der Waals surface area (Å²) < 4.78 is 0. The summed E-state index contributed by atoms with van der Waals surface area (Å²) in [5.41, 5.74) is 4.04. The van der Waals surface area contributed by atoms with Crippen molar-refractivity contribution in [1.82, 2.24) is 10.2 Å². The molecule has 0 saturated carbocycles. The largest absolute Gasteiger partial charge is 0.366 e. The number of nitrogens with zero attached hydrogens (tertiary/aromatic N) is 2. The highest BCUT2D eigenvalue weighted by Crippen LogP contribution is 2.26. The van der Waals surface area contributed by atoms with Crippen LogP contribution in [0.5, 0.6) is 0 Å². The van der Waals surface area contributed by atoms with Crippen molar-refractivity contribution in [2.75, 3.05) is 36.4 Å². The molecule has 0 aromatic heterocycles. The number of thiocarbonyl (C=S) groups is 1. The van der Waals surface area contributed by atoms with Gasteiger partial charge >= 0.3 is 0 Å². The maximum atomic E-state index is 12.3. The van der Waals surface area contributed by atoms with Crippen LogP contribution in [-0.2, 0) is 9.59 Å². The van der Waals surface area contributed by atoms with Crippen LogP contribution in [-0.4, -0.2) is 48.0 Å². The number of para-hydroxylation sites is 2. The number of amides is 2. The Labute approximate surface area is 201 Å². The van der Waals surface area contributed by atoms with Crippen molar-refractivity contribution in [2.24, 2.45) is 0 Å². The van der Waals surface area contributed by atoms with E-state index >= 15 is 0 Å². The van der Waals surface area contributed by atoms with Crippen LogP contribution in [0.1, 0.15) is 44.2 Å². The standard InChI is InChI=1S/C26H32N4O2S/c1-4-25(32)30-17-15-29(16-18-30)23-8-6-5-7-22(23)27-26(33)28-24(31)14-11-20-9-12-21(13-10-20)19(2)3/h5-14,19H,4,15-18H2,1-3H3,(H2,27,28,31,33)/b14-11+. The fraction of sp³-hybridized carbons (Fsp3) is 0.346. The summed E-state index contributed by atoms with van der Waals surface area (Å²) in [6.07, 6.45) is 3.78. The lowest BCUT2D eigenvalue weighted by Gasteiger charge is -2.37. The van der Waals surface area contributed by atoms with E-state index in [9.17, 15) is 9.59 Å². The molecule has 0 spiro atoms. The van der Waals surface area contributed by atoms with Gasteiger partial charge in [0.05, 0.1) is 11.4 Å². The molecule has 0 bridgehead atoms. The number of rotatable bonds is 6. The average molecular weight is 465 g/mol. The van der Waals surface area contributed by atoms with Crippen LogP contribution >= 0.6 is 12.2 Å². The molecule has 0 atom stereocenters. The molecule has 1 aliphatic heterocycles. The second-order valence-electron chi connectivity index (χ2n) is 8.34. The molecule has 2 aromatic carbocycles. The van der Waals surface area contributed by atoms with E-state index in [4.69, 9.17) is 12.2 Å². The molecular formula is C26H32N4O2S. The van der Waals surface area contributed by atoms with Gasteiger partial charge in [-0.15, -0.1) is 0 Å². The molecule has 1 heterocycles. The fourth-order valence-corrected chi connectivity index (χ4v) is 3.96. The summed E-state index contributed by atoms with van der Waals surface area (Å²) >= 11 is 5.37. The lowest BCUT2D eigenvalue weighted by Crippen LogP contribution is -2.48. The maximum absolute atomic E-state index is 12.3. The summed E-state index contributed by atoms with van der Waals surface area (Å²) in [5, 5.41) is 6.10. The van der Waals surface area contributed by atoms with Crippen LogP contribution in [0.3, 0.4) is 0 Å². The number of piperazine rings is 1. The molecule has 0 unspecified atom stereocenters. The summed E-state index contributed by atoms with van der Waals surface area (Å²) in [7, 11) is 0. The maximum Gasteiger partial charge on any atom is 0.250 e. The number of nitrogens with one attached hydrogen (secondary N) is 2. The number of hydrogen-bond donors (Lipinski definition) is 2. The Morgan fingerprint density at radius 2 is 1.70 bits per heavy atom. The molecule has 3 rings (SSSR count). The Kier molecular flexibility index (Phi) is 8.60. The smallest absolute Gasteiger partial charge is 0.250 e. The first kappa shape index (κ1) is 24.5. The van der Waals surface area contributed by atoms with E-state index in [0.29, 0.717) is 25.4 Å². The van der Waals surface area contributed by atoms with Crippen LogP contribution < -0.4 is 15.5 Å². The Bertz CT molecular complexity index is 1010. The van der Waals surface area contributed by atoms with Crippen LogP contribution in [0.15, 0.2) is 54.6 Å². The van der Waals surface area contributed by atoms with Crippen molar-refractivity contribution in [3.63, 3.8) is 0 Å². The van der Waals surface area contributed by atoms with Gasteiger partial charge in [0.15, 0.2) is 5.11 Å². The molecule has 1 fully saturated rings. The van der Waals surface area contributed by atoms with Gasteiger partial charge in [0, 0.05) is 38.7 Å². The first-order valence-corrected chi connectivity index (χ1v) is 11.8. The quantitative estimate of drug-likeness (QED) is 0.490. The van der Waals surface area contributed by atoms with Gasteiger partial charge in [-0.25, -0.2) is 0 Å². The number of benzene rings is 2. The molecule has 7 heteroatoms. The lowest BCUT2D eigenvalue weighted by atomic mass is 10.0. The zero-order valence-electron chi connectivity index (χ0n) is 19.5. The van der Waals surface area contributed by atoms with Gasteiger partial charge in [-0.2, -0.15) is 0 Å². The van der Waals surface area contributed by atoms with Gasteiger partial charge in [-0.1, -0.05) is 57.2 Å². The van der Waals surface area contributed by atoms with Crippen LogP contribution in [0, 0.1) is 0 Å². The van der Waals surface area contributed by atoms with Crippen LogP contribution in [0.4, 0.5) is 11.4 Å². The van der Waals surface area contributed by atoms with Gasteiger partial charge in [0.25, 0.3) is 0 Å². The molecule has 6 nitrogen and oxygen atoms in total. The van der Waals surface area contributed by atoms with E-state index in [1.54, 1.807) is 6.08 Å². The summed E-state index contributed by atoms with van der Waals surface area (Å²) in [6, 6.07) is 16.0. The van der Waals surface area contributed by atoms with E-state index in [2.05, 4.69) is 41.5 Å². The highest BCUT2D eigenvalue weighted by atomic mass is 32.1. The highest BCUT2D eigenvalue weighted by Gasteiger charge is 2.21. The highest BCUT2D eigenvalue weighted by molar-refractivity contribution is 7.80. The number of carbonyl (C=O) groups excluding carboxylic acids is 2. The number of hydrogen-bond acceptors (Lipinski definition) is 4. The minimum atomic E-state index is -0.287.